The third kappa shape index (κ3) is 4.67. The molecule has 9 heteroatoms. The summed E-state index contributed by atoms with van der Waals surface area (Å²) in [5.41, 5.74) is 15.7. The van der Waals surface area contributed by atoms with E-state index in [2.05, 4.69) is 10.6 Å². The summed E-state index contributed by atoms with van der Waals surface area (Å²) in [5.74, 6) is 0. The van der Waals surface area contributed by atoms with Crippen LogP contribution in [0.5, 0.6) is 0 Å². The van der Waals surface area contributed by atoms with E-state index in [1.165, 1.54) is 0 Å². The lowest BCUT2D eigenvalue weighted by molar-refractivity contribution is 0.240. The number of para-hydroxylation sites is 2. The van der Waals surface area contributed by atoms with Gasteiger partial charge in [-0.05, 0) is 41.0 Å². The van der Waals surface area contributed by atoms with Crippen LogP contribution in [0.4, 0.5) is 16.2 Å². The highest BCUT2D eigenvalue weighted by Gasteiger charge is 2.34. The maximum absolute atomic E-state index is 12.8. The van der Waals surface area contributed by atoms with Gasteiger partial charge in [-0.15, -0.1) is 0 Å². The summed E-state index contributed by atoms with van der Waals surface area (Å²) >= 11 is 14.3. The number of fused-ring (bicyclic) bond motifs is 1. The van der Waals surface area contributed by atoms with Gasteiger partial charge in [-0.3, -0.25) is 0 Å². The van der Waals surface area contributed by atoms with Gasteiger partial charge in [0.15, 0.2) is 5.50 Å². The number of nitrogens with two attached hydrogens (primary N) is 2. The van der Waals surface area contributed by atoms with Gasteiger partial charge in [0.2, 0.25) is 0 Å². The van der Waals surface area contributed by atoms with Crippen LogP contribution in [0.1, 0.15) is 16.7 Å². The lowest BCUT2D eigenvalue weighted by atomic mass is 10.1. The molecule has 3 aromatic rings. The average Bonchev–Trinajstić information content (AvgIpc) is 3.15. The van der Waals surface area contributed by atoms with Crippen LogP contribution in [0, 0.1) is 0 Å². The van der Waals surface area contributed by atoms with Crippen LogP contribution in [0.25, 0.3) is 0 Å². The highest BCUT2D eigenvalue weighted by Crippen LogP contribution is 2.49. The monoisotopic (exact) mass is 487 g/mol. The number of thioether (sulfide) groups is 1. The van der Waals surface area contributed by atoms with Gasteiger partial charge in [0.25, 0.3) is 0 Å². The molecule has 4 rings (SSSR count). The molecule has 166 valence electrons. The molecule has 0 aliphatic carbocycles. The Bertz CT molecular complexity index is 1140. The van der Waals surface area contributed by atoms with E-state index in [4.69, 9.17) is 34.7 Å². The molecule has 1 aliphatic rings. The van der Waals surface area contributed by atoms with Gasteiger partial charge in [-0.2, -0.15) is 0 Å². The number of hydrogen-bond acceptors (Lipinski definition) is 5. The highest BCUT2D eigenvalue weighted by molar-refractivity contribution is 8.00. The molecule has 0 saturated carbocycles. The van der Waals surface area contributed by atoms with E-state index in [0.29, 0.717) is 29.7 Å². The summed E-state index contributed by atoms with van der Waals surface area (Å²) < 4.78 is 0. The summed E-state index contributed by atoms with van der Waals surface area (Å²) in [6.45, 7) is 1.04. The molecule has 32 heavy (non-hydrogen) atoms. The van der Waals surface area contributed by atoms with Crippen LogP contribution in [0.2, 0.25) is 10.0 Å². The average molecular weight is 488 g/mol. The zero-order valence-electron chi connectivity index (χ0n) is 17.1. The van der Waals surface area contributed by atoms with Gasteiger partial charge >= 0.3 is 6.03 Å². The summed E-state index contributed by atoms with van der Waals surface area (Å²) in [6, 6.07) is 18.9. The minimum absolute atomic E-state index is 0.305. The number of rotatable bonds is 6. The molecule has 1 heterocycles. The van der Waals surface area contributed by atoms with Gasteiger partial charge in [0.05, 0.1) is 16.4 Å². The SMILES string of the molecule is NCc1ccc(CNC(=O)NC2Sc3ccccc3N2c2c(Cl)cccc2CN)cc1Cl. The molecule has 0 saturated heterocycles. The molecule has 1 aliphatic heterocycles. The van der Waals surface area contributed by atoms with Crippen LogP contribution in [-0.2, 0) is 19.6 Å². The third-order valence-electron chi connectivity index (χ3n) is 5.17. The number of urea groups is 1. The van der Waals surface area contributed by atoms with E-state index in [0.717, 1.165) is 33.0 Å². The standard InChI is InChI=1S/C23H23Cl2N5OS/c24-17-5-3-4-16(12-27)21(17)30-19-6-1-2-7-20(19)32-23(30)29-22(31)28-13-14-8-9-15(11-26)18(25)10-14/h1-10,23H,11-13,26-27H2,(H2,28,29,31). The second-order valence-electron chi connectivity index (χ2n) is 7.22. The first-order valence-corrected chi connectivity index (χ1v) is 11.7. The number of benzene rings is 3. The van der Waals surface area contributed by atoms with Crippen molar-refractivity contribution in [3.05, 3.63) is 87.4 Å². The maximum Gasteiger partial charge on any atom is 0.317 e. The first kappa shape index (κ1) is 22.8. The summed E-state index contributed by atoms with van der Waals surface area (Å²) in [5, 5.41) is 7.11. The van der Waals surface area contributed by atoms with Crippen molar-refractivity contribution in [3.8, 4) is 0 Å². The number of nitrogens with one attached hydrogen (secondary N) is 2. The van der Waals surface area contributed by atoms with E-state index in [1.807, 2.05) is 65.6 Å². The highest BCUT2D eigenvalue weighted by atomic mass is 35.5. The van der Waals surface area contributed by atoms with Crippen molar-refractivity contribution in [3.63, 3.8) is 0 Å². The molecular formula is C23H23Cl2N5OS. The number of anilines is 2. The third-order valence-corrected chi connectivity index (χ3v) is 6.98. The van der Waals surface area contributed by atoms with Crippen LogP contribution >= 0.6 is 35.0 Å². The summed E-state index contributed by atoms with van der Waals surface area (Å²) in [4.78, 5) is 15.8. The lowest BCUT2D eigenvalue weighted by Crippen LogP contribution is -2.46. The molecule has 0 radical (unpaired) electrons. The molecule has 1 unspecified atom stereocenters. The minimum Gasteiger partial charge on any atom is -0.334 e. The quantitative estimate of drug-likeness (QED) is 0.394. The van der Waals surface area contributed by atoms with Crippen molar-refractivity contribution >= 4 is 52.4 Å². The first-order chi connectivity index (χ1) is 15.5. The molecule has 0 fully saturated rings. The van der Waals surface area contributed by atoms with Crippen LogP contribution in [0.3, 0.4) is 0 Å². The number of carbonyl (C=O) groups is 1. The Morgan fingerprint density at radius 1 is 0.969 bits per heavy atom. The Balaban J connectivity index is 1.54. The molecule has 0 spiro atoms. The fourth-order valence-corrected chi connectivity index (χ4v) is 5.33. The normalized spacial score (nSPS) is 14.9. The van der Waals surface area contributed by atoms with Gasteiger partial charge < -0.3 is 27.0 Å². The second-order valence-corrected chi connectivity index (χ2v) is 9.15. The molecular weight excluding hydrogens is 465 g/mol. The van der Waals surface area contributed by atoms with Crippen molar-refractivity contribution in [1.82, 2.24) is 10.6 Å². The molecule has 2 amide bonds. The largest absolute Gasteiger partial charge is 0.334 e. The smallest absolute Gasteiger partial charge is 0.317 e. The van der Waals surface area contributed by atoms with Gasteiger partial charge in [0.1, 0.15) is 0 Å². The maximum atomic E-state index is 12.8. The summed E-state index contributed by atoms with van der Waals surface area (Å²) in [6.07, 6.45) is 0. The fraction of sp³-hybridized carbons (Fsp3) is 0.174. The van der Waals surface area contributed by atoms with Crippen LogP contribution < -0.4 is 27.0 Å². The Morgan fingerprint density at radius 2 is 1.75 bits per heavy atom. The molecule has 6 nitrogen and oxygen atoms in total. The molecule has 0 bridgehead atoms. The predicted molar refractivity (Wildman–Crippen MR) is 132 cm³/mol. The van der Waals surface area contributed by atoms with Crippen LogP contribution in [-0.4, -0.2) is 11.5 Å². The van der Waals surface area contributed by atoms with Gasteiger partial charge in [0, 0.05) is 29.6 Å². The summed E-state index contributed by atoms with van der Waals surface area (Å²) in [7, 11) is 0. The topological polar surface area (TPSA) is 96.4 Å². The molecule has 6 N–H and O–H groups in total. The fourth-order valence-electron chi connectivity index (χ4n) is 3.59. The number of amides is 2. The van der Waals surface area contributed by atoms with Crippen molar-refractivity contribution < 1.29 is 4.79 Å². The van der Waals surface area contributed by atoms with Crippen molar-refractivity contribution in [2.75, 3.05) is 4.90 Å². The van der Waals surface area contributed by atoms with Gasteiger partial charge in [-0.1, -0.05) is 71.4 Å². The van der Waals surface area contributed by atoms with Crippen molar-refractivity contribution in [2.45, 2.75) is 30.0 Å². The van der Waals surface area contributed by atoms with Gasteiger partial charge in [-0.25, -0.2) is 4.79 Å². The first-order valence-electron chi connectivity index (χ1n) is 10.1. The van der Waals surface area contributed by atoms with E-state index >= 15 is 0 Å². The minimum atomic E-state index is -0.388. The van der Waals surface area contributed by atoms with E-state index < -0.39 is 0 Å². The van der Waals surface area contributed by atoms with E-state index in [1.54, 1.807) is 11.8 Å². The molecule has 1 atom stereocenters. The van der Waals surface area contributed by atoms with Crippen LogP contribution in [0.15, 0.2) is 65.6 Å². The number of hydrogen-bond donors (Lipinski definition) is 4. The second kappa shape index (κ2) is 10.0. The Kier molecular flexibility index (Phi) is 7.13. The predicted octanol–water partition coefficient (Wildman–Crippen LogP) is 4.94. The van der Waals surface area contributed by atoms with E-state index in [9.17, 15) is 4.79 Å². The van der Waals surface area contributed by atoms with E-state index in [-0.39, 0.29) is 11.5 Å². The Hall–Kier alpha value is -2.42. The van der Waals surface area contributed by atoms with Crippen molar-refractivity contribution in [2.24, 2.45) is 11.5 Å². The number of carbonyl (C=O) groups excluding carboxylic acids is 1. The Morgan fingerprint density at radius 3 is 2.50 bits per heavy atom. The zero-order chi connectivity index (χ0) is 22.7. The molecule has 3 aromatic carbocycles. The zero-order valence-corrected chi connectivity index (χ0v) is 19.5. The number of nitrogens with zero attached hydrogens (tertiary/aromatic N) is 1. The Labute approximate surface area is 201 Å². The molecule has 0 aromatic heterocycles. The van der Waals surface area contributed by atoms with Crippen molar-refractivity contribution in [1.29, 1.82) is 0 Å². The number of halogens is 2. The lowest BCUT2D eigenvalue weighted by Gasteiger charge is -2.30.